The molecule has 2 heterocycles. The van der Waals surface area contributed by atoms with Crippen molar-refractivity contribution in [3.8, 4) is 44.8 Å². The molecular formula is C20H17N3O2S. The van der Waals surface area contributed by atoms with Gasteiger partial charge in [0.25, 0.3) is 0 Å². The second-order valence-electron chi connectivity index (χ2n) is 5.60. The second-order valence-corrected chi connectivity index (χ2v) is 6.50. The van der Waals surface area contributed by atoms with Gasteiger partial charge in [0.05, 0.1) is 25.6 Å². The molecule has 2 aromatic carbocycles. The number of nitrogens with zero attached hydrogens (tertiary/aromatic N) is 2. The lowest BCUT2D eigenvalue weighted by atomic mass is 10.0. The van der Waals surface area contributed by atoms with Crippen molar-refractivity contribution >= 4 is 11.3 Å². The maximum absolute atomic E-state index is 5.26. The van der Waals surface area contributed by atoms with Crippen molar-refractivity contribution in [2.75, 3.05) is 14.2 Å². The number of aromatic amines is 1. The average Bonchev–Trinajstić information content (AvgIpc) is 3.38. The molecular weight excluding hydrogens is 346 g/mol. The number of H-pyrrole nitrogens is 1. The topological polar surface area (TPSA) is 60.0 Å². The van der Waals surface area contributed by atoms with Gasteiger partial charge in [-0.3, -0.25) is 0 Å². The van der Waals surface area contributed by atoms with Gasteiger partial charge in [0, 0.05) is 22.7 Å². The SMILES string of the molecule is COc1ccc(-c2nc(-c3nccs3)[nH]c2-c2ccc(OC)cc2)cc1. The van der Waals surface area contributed by atoms with Gasteiger partial charge in [0.1, 0.15) is 11.5 Å². The molecule has 4 rings (SSSR count). The molecule has 26 heavy (non-hydrogen) atoms. The van der Waals surface area contributed by atoms with Crippen molar-refractivity contribution in [2.45, 2.75) is 0 Å². The number of hydrogen-bond acceptors (Lipinski definition) is 5. The van der Waals surface area contributed by atoms with Gasteiger partial charge in [0.15, 0.2) is 10.8 Å². The number of imidazole rings is 1. The molecule has 0 unspecified atom stereocenters. The number of nitrogens with one attached hydrogen (secondary N) is 1. The highest BCUT2D eigenvalue weighted by molar-refractivity contribution is 7.13. The molecule has 0 aliphatic rings. The van der Waals surface area contributed by atoms with Crippen LogP contribution in [0.15, 0.2) is 60.1 Å². The van der Waals surface area contributed by atoms with Crippen LogP contribution in [0.4, 0.5) is 0 Å². The van der Waals surface area contributed by atoms with Crippen molar-refractivity contribution in [1.29, 1.82) is 0 Å². The molecule has 6 heteroatoms. The van der Waals surface area contributed by atoms with Crippen LogP contribution in [0.1, 0.15) is 0 Å². The maximum atomic E-state index is 5.26. The molecule has 0 saturated carbocycles. The van der Waals surface area contributed by atoms with E-state index in [-0.39, 0.29) is 0 Å². The molecule has 0 spiro atoms. The van der Waals surface area contributed by atoms with Gasteiger partial charge in [-0.2, -0.15) is 0 Å². The number of aromatic nitrogens is 3. The van der Waals surface area contributed by atoms with E-state index in [0.29, 0.717) is 0 Å². The van der Waals surface area contributed by atoms with Crippen molar-refractivity contribution in [3.63, 3.8) is 0 Å². The zero-order chi connectivity index (χ0) is 17.9. The van der Waals surface area contributed by atoms with E-state index in [0.717, 1.165) is 44.8 Å². The first-order valence-electron chi connectivity index (χ1n) is 8.07. The first kappa shape index (κ1) is 16.4. The number of methoxy groups -OCH3 is 2. The van der Waals surface area contributed by atoms with Gasteiger partial charge in [-0.05, 0) is 48.5 Å². The Labute approximate surface area is 155 Å². The highest BCUT2D eigenvalue weighted by Crippen LogP contribution is 2.34. The maximum Gasteiger partial charge on any atom is 0.167 e. The second kappa shape index (κ2) is 7.01. The lowest BCUT2D eigenvalue weighted by Crippen LogP contribution is -1.87. The van der Waals surface area contributed by atoms with E-state index < -0.39 is 0 Å². The smallest absolute Gasteiger partial charge is 0.167 e. The number of hydrogen-bond donors (Lipinski definition) is 1. The summed E-state index contributed by atoms with van der Waals surface area (Å²) >= 11 is 1.56. The van der Waals surface area contributed by atoms with Gasteiger partial charge >= 0.3 is 0 Å². The summed E-state index contributed by atoms with van der Waals surface area (Å²) in [6, 6.07) is 15.8. The number of ether oxygens (including phenoxy) is 2. The Hall–Kier alpha value is -3.12. The molecule has 1 N–H and O–H groups in total. The average molecular weight is 363 g/mol. The van der Waals surface area contributed by atoms with E-state index in [4.69, 9.17) is 14.5 Å². The lowest BCUT2D eigenvalue weighted by molar-refractivity contribution is 0.414. The predicted octanol–water partition coefficient (Wildman–Crippen LogP) is 4.88. The van der Waals surface area contributed by atoms with Gasteiger partial charge in [0.2, 0.25) is 0 Å². The third kappa shape index (κ3) is 3.07. The van der Waals surface area contributed by atoms with Crippen LogP contribution in [0.25, 0.3) is 33.3 Å². The minimum atomic E-state index is 0.761. The van der Waals surface area contributed by atoms with Crippen LogP contribution in [0, 0.1) is 0 Å². The lowest BCUT2D eigenvalue weighted by Gasteiger charge is -2.06. The minimum absolute atomic E-state index is 0.761. The Kier molecular flexibility index (Phi) is 4.41. The largest absolute Gasteiger partial charge is 0.497 e. The van der Waals surface area contributed by atoms with Crippen LogP contribution in [0.2, 0.25) is 0 Å². The van der Waals surface area contributed by atoms with Gasteiger partial charge < -0.3 is 14.5 Å². The first-order valence-corrected chi connectivity index (χ1v) is 8.95. The van der Waals surface area contributed by atoms with Crippen molar-refractivity contribution in [3.05, 3.63) is 60.1 Å². The standard InChI is InChI=1S/C20H17N3O2S/c1-24-15-7-3-13(4-8-15)17-18(14-5-9-16(25-2)10-6-14)23-19(22-17)20-21-11-12-26-20/h3-12H,1-2H3,(H,22,23). The van der Waals surface area contributed by atoms with Gasteiger partial charge in [-0.1, -0.05) is 0 Å². The minimum Gasteiger partial charge on any atom is -0.497 e. The quantitative estimate of drug-likeness (QED) is 0.549. The molecule has 0 bridgehead atoms. The van der Waals surface area contributed by atoms with Crippen LogP contribution in [0.5, 0.6) is 11.5 Å². The third-order valence-electron chi connectivity index (χ3n) is 4.08. The Morgan fingerprint density at radius 2 is 1.46 bits per heavy atom. The molecule has 0 atom stereocenters. The van der Waals surface area contributed by atoms with E-state index in [2.05, 4.69) is 9.97 Å². The molecule has 0 amide bonds. The van der Waals surface area contributed by atoms with Crippen LogP contribution >= 0.6 is 11.3 Å². The summed E-state index contributed by atoms with van der Waals surface area (Å²) in [6.45, 7) is 0. The third-order valence-corrected chi connectivity index (χ3v) is 4.86. The van der Waals surface area contributed by atoms with Crippen molar-refractivity contribution in [1.82, 2.24) is 15.0 Å². The zero-order valence-electron chi connectivity index (χ0n) is 14.4. The summed E-state index contributed by atoms with van der Waals surface area (Å²) in [5, 5.41) is 2.80. The van der Waals surface area contributed by atoms with E-state index in [9.17, 15) is 0 Å². The Morgan fingerprint density at radius 1 is 0.846 bits per heavy atom. The molecule has 2 aromatic heterocycles. The van der Waals surface area contributed by atoms with Crippen molar-refractivity contribution in [2.24, 2.45) is 0 Å². The Balaban J connectivity index is 1.84. The number of benzene rings is 2. The first-order chi connectivity index (χ1) is 12.8. The summed E-state index contributed by atoms with van der Waals surface area (Å²) in [5.74, 6) is 2.39. The fraction of sp³-hybridized carbons (Fsp3) is 0.100. The van der Waals surface area contributed by atoms with Gasteiger partial charge in [-0.15, -0.1) is 11.3 Å². The molecule has 0 fully saturated rings. The summed E-state index contributed by atoms with van der Waals surface area (Å²) in [7, 11) is 3.32. The van der Waals surface area contributed by atoms with Crippen LogP contribution in [0.3, 0.4) is 0 Å². The summed E-state index contributed by atoms with van der Waals surface area (Å²) in [6.07, 6.45) is 1.78. The van der Waals surface area contributed by atoms with Crippen LogP contribution in [-0.4, -0.2) is 29.2 Å². The highest BCUT2D eigenvalue weighted by atomic mass is 32.1. The molecule has 0 saturated heterocycles. The van der Waals surface area contributed by atoms with E-state index in [1.54, 1.807) is 31.8 Å². The molecule has 5 nitrogen and oxygen atoms in total. The van der Waals surface area contributed by atoms with Crippen molar-refractivity contribution < 1.29 is 9.47 Å². The molecule has 4 aromatic rings. The molecule has 0 aliphatic carbocycles. The summed E-state index contributed by atoms with van der Waals surface area (Å²) in [4.78, 5) is 12.6. The Bertz CT molecular complexity index is 926. The Morgan fingerprint density at radius 3 is 2.00 bits per heavy atom. The normalized spacial score (nSPS) is 10.7. The summed E-state index contributed by atoms with van der Waals surface area (Å²) < 4.78 is 10.5. The van der Waals surface area contributed by atoms with E-state index >= 15 is 0 Å². The predicted molar refractivity (Wildman–Crippen MR) is 104 cm³/mol. The number of rotatable bonds is 5. The van der Waals surface area contributed by atoms with E-state index in [1.165, 1.54) is 0 Å². The van der Waals surface area contributed by atoms with Crippen LogP contribution in [-0.2, 0) is 0 Å². The fourth-order valence-corrected chi connectivity index (χ4v) is 3.32. The highest BCUT2D eigenvalue weighted by Gasteiger charge is 2.16. The molecule has 130 valence electrons. The van der Waals surface area contributed by atoms with Crippen LogP contribution < -0.4 is 9.47 Å². The monoisotopic (exact) mass is 363 g/mol. The molecule has 0 radical (unpaired) electrons. The van der Waals surface area contributed by atoms with Gasteiger partial charge in [-0.25, -0.2) is 9.97 Å². The summed E-state index contributed by atoms with van der Waals surface area (Å²) in [5.41, 5.74) is 3.87. The van der Waals surface area contributed by atoms with E-state index in [1.807, 2.05) is 53.9 Å². The molecule has 0 aliphatic heterocycles. The number of thiazole rings is 1. The fourth-order valence-electron chi connectivity index (χ4n) is 2.74. The zero-order valence-corrected chi connectivity index (χ0v) is 15.2.